The number of aromatic nitrogens is 4. The van der Waals surface area contributed by atoms with Crippen LogP contribution >= 0.6 is 0 Å². The standard InChI is InChI=1S/C19H18N4O2S/c1-13-17(20-8-7-18(13)25-2)12-26(24)19-21-15-6-5-14(11-16(15)22-19)23-9-3-4-10-23/h3-11H,12H2,1-2H3,(H,21,22)/i1D3,2D3,5D,6D,7D,8D,11D/hD. The zero-order valence-electron chi connectivity index (χ0n) is 25.0. The van der Waals surface area contributed by atoms with Gasteiger partial charge in [0.2, 0.25) is 0 Å². The fraction of sp³-hybridized carbons (Fsp3) is 0.158. The van der Waals surface area contributed by atoms with E-state index in [-0.39, 0.29) is 28.8 Å². The number of hydrogen-bond donors (Lipinski definition) is 1. The molecule has 1 unspecified atom stereocenters. The first-order chi connectivity index (χ1) is 17.5. The summed E-state index contributed by atoms with van der Waals surface area (Å²) in [6, 6.07) is 1.30. The molecule has 0 spiro atoms. The van der Waals surface area contributed by atoms with Crippen LogP contribution in [0.15, 0.2) is 60.0 Å². The minimum absolute atomic E-state index is 0.0191. The summed E-state index contributed by atoms with van der Waals surface area (Å²) in [4.78, 5) is 8.34. The monoisotopic (exact) mass is 378 g/mol. The number of nitrogens with zero attached hydrogens (tertiary/aromatic N) is 3. The first kappa shape index (κ1) is 7.75. The summed E-state index contributed by atoms with van der Waals surface area (Å²) in [5, 5.41) is -0.496. The molecule has 4 aromatic rings. The zero-order valence-corrected chi connectivity index (χ0v) is 13.8. The van der Waals surface area contributed by atoms with Gasteiger partial charge in [0.15, 0.2) is 6.57 Å². The molecular weight excluding hydrogens is 348 g/mol. The predicted octanol–water partition coefficient (Wildman–Crippen LogP) is 3.37. The summed E-state index contributed by atoms with van der Waals surface area (Å²) in [7, 11) is -5.52. The fourth-order valence-electron chi connectivity index (χ4n) is 2.24. The van der Waals surface area contributed by atoms with E-state index >= 15 is 0 Å². The van der Waals surface area contributed by atoms with E-state index in [9.17, 15) is 4.21 Å². The molecule has 0 radical (unpaired) electrons. The van der Waals surface area contributed by atoms with Crippen molar-refractivity contribution in [2.24, 2.45) is 0 Å². The van der Waals surface area contributed by atoms with Gasteiger partial charge in [-0.1, -0.05) is 0 Å². The van der Waals surface area contributed by atoms with E-state index in [1.54, 1.807) is 24.5 Å². The molecule has 6 nitrogen and oxygen atoms in total. The number of aromatic amines is 1. The van der Waals surface area contributed by atoms with E-state index in [0.717, 1.165) is 0 Å². The summed E-state index contributed by atoms with van der Waals surface area (Å²) >= 11 is 0. The van der Waals surface area contributed by atoms with Crippen LogP contribution in [-0.2, 0) is 16.6 Å². The quantitative estimate of drug-likeness (QED) is 0.578. The van der Waals surface area contributed by atoms with Gasteiger partial charge >= 0.3 is 0 Å². The van der Waals surface area contributed by atoms with E-state index in [1.165, 1.54) is 4.57 Å². The van der Waals surface area contributed by atoms with E-state index in [0.29, 0.717) is 4.98 Å². The van der Waals surface area contributed by atoms with Gasteiger partial charge in [-0.25, -0.2) is 4.98 Å². The summed E-state index contributed by atoms with van der Waals surface area (Å²) in [6.07, 6.45) is 2.30. The van der Waals surface area contributed by atoms with Gasteiger partial charge < -0.3 is 14.3 Å². The highest BCUT2D eigenvalue weighted by molar-refractivity contribution is 7.84. The minimum Gasteiger partial charge on any atom is -0.496 e. The van der Waals surface area contributed by atoms with E-state index in [2.05, 4.69) is 9.97 Å². The summed E-state index contributed by atoms with van der Waals surface area (Å²) < 4.78 is 114. The number of methoxy groups -OCH3 is 1. The molecule has 132 valence electrons. The third kappa shape index (κ3) is 3.01. The molecule has 0 aliphatic carbocycles. The molecule has 1 N–H and O–H groups in total. The maximum atomic E-state index is 13.3. The van der Waals surface area contributed by atoms with Crippen LogP contribution in [0, 0.1) is 6.85 Å². The van der Waals surface area contributed by atoms with Crippen molar-refractivity contribution in [3.05, 3.63) is 66.1 Å². The van der Waals surface area contributed by atoms with Crippen LogP contribution in [0.5, 0.6) is 5.75 Å². The molecule has 7 heteroatoms. The molecule has 0 saturated heterocycles. The third-order valence-electron chi connectivity index (χ3n) is 3.49. The molecule has 4 rings (SSSR count). The van der Waals surface area contributed by atoms with E-state index < -0.39 is 70.9 Å². The maximum absolute atomic E-state index is 13.3. The van der Waals surface area contributed by atoms with Gasteiger partial charge in [-0.3, -0.25) is 9.19 Å². The van der Waals surface area contributed by atoms with Gasteiger partial charge in [0.05, 0.1) is 51.3 Å². The topological polar surface area (TPSA) is 72.8 Å². The average molecular weight is 379 g/mol. The first-order valence-corrected chi connectivity index (χ1v) is 8.57. The first-order valence-electron chi connectivity index (χ1n) is 13.2. The van der Waals surface area contributed by atoms with Gasteiger partial charge in [-0.15, -0.1) is 0 Å². The minimum atomic E-state index is -3.16. The smallest absolute Gasteiger partial charge is 0.197 e. The van der Waals surface area contributed by atoms with E-state index in [4.69, 9.17) is 21.2 Å². The van der Waals surface area contributed by atoms with Crippen molar-refractivity contribution in [2.75, 3.05) is 7.04 Å². The Hall–Kier alpha value is -2.93. The highest BCUT2D eigenvalue weighted by Gasteiger charge is 2.15. The van der Waals surface area contributed by atoms with Crippen LogP contribution in [0.3, 0.4) is 0 Å². The lowest BCUT2D eigenvalue weighted by Crippen LogP contribution is -2.03. The zero-order chi connectivity index (χ0) is 28.3. The Morgan fingerprint density at radius 1 is 1.38 bits per heavy atom. The molecule has 1 atom stereocenters. The number of benzene rings is 1. The SMILES string of the molecule is [2H]c1nc(CS(=O)c2nc3c([2H])c(-n4cccc4)c([2H])c([2H])c3n2[2H])c(C([2H])([2H])[2H])c(OC([2H])([2H])[2H])c1[2H]. The number of nitrogens with one attached hydrogen (secondary N) is 1. The van der Waals surface area contributed by atoms with Gasteiger partial charge in [-0.2, -0.15) is 0 Å². The normalized spacial score (nSPS) is 20.0. The average Bonchev–Trinajstić information content (AvgIpc) is 3.42. The van der Waals surface area contributed by atoms with Crippen LogP contribution in [0.2, 0.25) is 1.41 Å². The second kappa shape index (κ2) is 6.76. The van der Waals surface area contributed by atoms with Crippen molar-refractivity contribution in [1.29, 1.82) is 0 Å². The Labute approximate surface area is 170 Å². The molecule has 26 heavy (non-hydrogen) atoms. The maximum Gasteiger partial charge on any atom is 0.197 e. The van der Waals surface area contributed by atoms with Crippen molar-refractivity contribution in [3.8, 4) is 11.4 Å². The van der Waals surface area contributed by atoms with Crippen LogP contribution in [-0.4, -0.2) is 30.8 Å². The summed E-state index contributed by atoms with van der Waals surface area (Å²) in [5.74, 6) is -1.69. The van der Waals surface area contributed by atoms with Gasteiger partial charge in [0.25, 0.3) is 0 Å². The molecular formula is C19H18N4O2S. The van der Waals surface area contributed by atoms with Gasteiger partial charge in [0.1, 0.15) is 5.75 Å². The number of imidazole rings is 1. The van der Waals surface area contributed by atoms with Gasteiger partial charge in [-0.05, 0) is 43.2 Å². The van der Waals surface area contributed by atoms with Crippen molar-refractivity contribution in [1.82, 2.24) is 19.5 Å². The Bertz CT molecular complexity index is 1580. The lowest BCUT2D eigenvalue weighted by molar-refractivity contribution is 0.410. The number of rotatable bonds is 5. The molecule has 0 saturated carbocycles. The van der Waals surface area contributed by atoms with Crippen LogP contribution in [0.25, 0.3) is 16.7 Å². The Morgan fingerprint density at radius 3 is 3.08 bits per heavy atom. The Morgan fingerprint density at radius 2 is 2.27 bits per heavy atom. The Balaban J connectivity index is 1.87. The lowest BCUT2D eigenvalue weighted by atomic mass is 10.2. The van der Waals surface area contributed by atoms with E-state index in [1.807, 2.05) is 0 Å². The number of pyridine rings is 1. The molecule has 0 bridgehead atoms. The summed E-state index contributed by atoms with van der Waals surface area (Å²) in [6.45, 7) is -3.08. The van der Waals surface area contributed by atoms with Crippen molar-refractivity contribution in [3.63, 3.8) is 0 Å². The second-order valence-electron chi connectivity index (χ2n) is 5.11. The second-order valence-corrected chi connectivity index (χ2v) is 6.45. The van der Waals surface area contributed by atoms with Crippen molar-refractivity contribution >= 4 is 21.8 Å². The molecule has 0 aliphatic rings. The highest BCUT2D eigenvalue weighted by atomic mass is 32.2. The predicted molar refractivity (Wildman–Crippen MR) is 101 cm³/mol. The number of ether oxygens (including phenoxy) is 1. The molecule has 0 fully saturated rings. The fourth-order valence-corrected chi connectivity index (χ4v) is 3.21. The molecule has 0 aliphatic heterocycles. The van der Waals surface area contributed by atoms with Crippen LogP contribution in [0.1, 0.15) is 26.3 Å². The highest BCUT2D eigenvalue weighted by Crippen LogP contribution is 2.22. The van der Waals surface area contributed by atoms with Crippen LogP contribution in [0.4, 0.5) is 0 Å². The molecule has 3 heterocycles. The summed E-state index contributed by atoms with van der Waals surface area (Å²) in [5.41, 5.74) is -1.78. The molecule has 1 aromatic carbocycles. The number of fused-ring (bicyclic) bond motifs is 1. The van der Waals surface area contributed by atoms with Crippen molar-refractivity contribution in [2.45, 2.75) is 17.8 Å². The largest absolute Gasteiger partial charge is 0.496 e. The van der Waals surface area contributed by atoms with Gasteiger partial charge in [0, 0.05) is 33.9 Å². The third-order valence-corrected chi connectivity index (χ3v) is 4.61. The number of H-pyrrole nitrogens is 1. The lowest BCUT2D eigenvalue weighted by Gasteiger charge is -2.08. The Kier molecular flexibility index (Phi) is 2.02. The number of hydrogen-bond acceptors (Lipinski definition) is 4. The van der Waals surface area contributed by atoms with Crippen LogP contribution < -0.4 is 4.74 Å². The molecule has 3 aromatic heterocycles. The van der Waals surface area contributed by atoms with Crippen molar-refractivity contribution < 1.29 is 25.4 Å². The molecule has 0 amide bonds.